The van der Waals surface area contributed by atoms with Gasteiger partial charge in [0.1, 0.15) is 0 Å². The highest BCUT2D eigenvalue weighted by Gasteiger charge is 2.25. The molecular formula is C20H31N3O4. The van der Waals surface area contributed by atoms with Crippen molar-refractivity contribution >= 4 is 6.03 Å². The standard InChI is InChI=1S/C20H31N3O4/c1-25-18-6-5-15(13-19(18)26-2)17(23-9-3-4-10-23)14-21-20(24)22-16-7-11-27-12-8-16/h5-6,13,16-17H,3-4,7-12,14H2,1-2H3,(H2,21,22,24). The fourth-order valence-electron chi connectivity index (χ4n) is 3.84. The van der Waals surface area contributed by atoms with Gasteiger partial charge in [-0.25, -0.2) is 4.79 Å². The Morgan fingerprint density at radius 1 is 1.19 bits per heavy atom. The van der Waals surface area contributed by atoms with Gasteiger partial charge in [0.25, 0.3) is 0 Å². The number of carbonyl (C=O) groups excluding carboxylic acids is 1. The highest BCUT2D eigenvalue weighted by molar-refractivity contribution is 5.74. The average molecular weight is 377 g/mol. The number of carbonyl (C=O) groups is 1. The summed E-state index contributed by atoms with van der Waals surface area (Å²) in [6.45, 7) is 4.08. The normalized spacial score (nSPS) is 19.5. The Morgan fingerprint density at radius 2 is 1.89 bits per heavy atom. The third-order valence-corrected chi connectivity index (χ3v) is 5.39. The molecule has 2 aliphatic rings. The molecule has 0 aliphatic carbocycles. The Bertz CT molecular complexity index is 613. The van der Waals surface area contributed by atoms with Crippen molar-refractivity contribution in [2.75, 3.05) is 47.1 Å². The molecule has 150 valence electrons. The van der Waals surface area contributed by atoms with E-state index in [0.717, 1.165) is 31.5 Å². The second-order valence-electron chi connectivity index (χ2n) is 7.11. The molecule has 7 heteroatoms. The van der Waals surface area contributed by atoms with E-state index in [2.05, 4.69) is 21.6 Å². The molecule has 2 N–H and O–H groups in total. The first-order valence-electron chi connectivity index (χ1n) is 9.79. The van der Waals surface area contributed by atoms with Gasteiger partial charge < -0.3 is 24.8 Å². The molecule has 0 bridgehead atoms. The number of methoxy groups -OCH3 is 2. The number of hydrogen-bond donors (Lipinski definition) is 2. The maximum Gasteiger partial charge on any atom is 0.315 e. The van der Waals surface area contributed by atoms with Gasteiger partial charge in [0, 0.05) is 25.8 Å². The molecule has 0 spiro atoms. The summed E-state index contributed by atoms with van der Waals surface area (Å²) in [7, 11) is 3.28. The topological polar surface area (TPSA) is 72.1 Å². The molecule has 0 saturated carbocycles. The van der Waals surface area contributed by atoms with Crippen molar-refractivity contribution < 1.29 is 19.0 Å². The molecule has 0 aromatic heterocycles. The molecule has 1 unspecified atom stereocenters. The van der Waals surface area contributed by atoms with E-state index in [0.29, 0.717) is 31.3 Å². The molecule has 2 aliphatic heterocycles. The van der Waals surface area contributed by atoms with E-state index in [1.165, 1.54) is 12.8 Å². The third kappa shape index (κ3) is 5.26. The van der Waals surface area contributed by atoms with Crippen molar-refractivity contribution in [2.45, 2.75) is 37.8 Å². The number of benzene rings is 1. The Balaban J connectivity index is 1.65. The van der Waals surface area contributed by atoms with E-state index >= 15 is 0 Å². The van der Waals surface area contributed by atoms with Gasteiger partial charge in [0.2, 0.25) is 0 Å². The summed E-state index contributed by atoms with van der Waals surface area (Å²) in [5.74, 6) is 1.43. The van der Waals surface area contributed by atoms with Gasteiger partial charge in [0.05, 0.1) is 20.3 Å². The van der Waals surface area contributed by atoms with Crippen LogP contribution in [0.2, 0.25) is 0 Å². The van der Waals surface area contributed by atoms with E-state index in [1.54, 1.807) is 14.2 Å². The number of likely N-dealkylation sites (tertiary alicyclic amines) is 1. The van der Waals surface area contributed by atoms with Crippen molar-refractivity contribution in [1.29, 1.82) is 0 Å². The maximum atomic E-state index is 12.4. The maximum absolute atomic E-state index is 12.4. The van der Waals surface area contributed by atoms with Crippen molar-refractivity contribution in [3.63, 3.8) is 0 Å². The predicted molar refractivity (Wildman–Crippen MR) is 103 cm³/mol. The second-order valence-corrected chi connectivity index (χ2v) is 7.11. The Hall–Kier alpha value is -1.99. The fraction of sp³-hybridized carbons (Fsp3) is 0.650. The Kier molecular flexibility index (Phi) is 7.18. The van der Waals surface area contributed by atoms with Gasteiger partial charge in [-0.3, -0.25) is 4.90 Å². The van der Waals surface area contributed by atoms with Gasteiger partial charge >= 0.3 is 6.03 Å². The van der Waals surface area contributed by atoms with Crippen LogP contribution < -0.4 is 20.1 Å². The first kappa shape index (κ1) is 19.8. The largest absolute Gasteiger partial charge is 0.493 e. The first-order valence-corrected chi connectivity index (χ1v) is 9.79. The number of hydrogen-bond acceptors (Lipinski definition) is 5. The zero-order valence-corrected chi connectivity index (χ0v) is 16.3. The van der Waals surface area contributed by atoms with E-state index in [4.69, 9.17) is 14.2 Å². The number of nitrogens with zero attached hydrogens (tertiary/aromatic N) is 1. The van der Waals surface area contributed by atoms with Crippen LogP contribution in [0, 0.1) is 0 Å². The number of urea groups is 1. The molecule has 2 saturated heterocycles. The molecule has 2 heterocycles. The number of rotatable bonds is 7. The predicted octanol–water partition coefficient (Wildman–Crippen LogP) is 2.32. The van der Waals surface area contributed by atoms with Gasteiger partial charge in [-0.05, 0) is 56.5 Å². The number of nitrogens with one attached hydrogen (secondary N) is 2. The quantitative estimate of drug-likeness (QED) is 0.763. The van der Waals surface area contributed by atoms with Gasteiger partial charge in [-0.2, -0.15) is 0 Å². The zero-order valence-electron chi connectivity index (χ0n) is 16.3. The fourth-order valence-corrected chi connectivity index (χ4v) is 3.84. The van der Waals surface area contributed by atoms with Crippen LogP contribution in [0.4, 0.5) is 4.79 Å². The monoisotopic (exact) mass is 377 g/mol. The summed E-state index contributed by atoms with van der Waals surface area (Å²) in [4.78, 5) is 14.8. The summed E-state index contributed by atoms with van der Waals surface area (Å²) in [6, 6.07) is 6.21. The van der Waals surface area contributed by atoms with E-state index in [1.807, 2.05) is 12.1 Å². The van der Waals surface area contributed by atoms with Crippen molar-refractivity contribution in [3.05, 3.63) is 23.8 Å². The highest BCUT2D eigenvalue weighted by Crippen LogP contribution is 2.33. The van der Waals surface area contributed by atoms with E-state index in [9.17, 15) is 4.79 Å². The molecule has 1 aromatic rings. The number of ether oxygens (including phenoxy) is 3. The lowest BCUT2D eigenvalue weighted by Gasteiger charge is -2.29. The summed E-state index contributed by atoms with van der Waals surface area (Å²) < 4.78 is 16.2. The van der Waals surface area contributed by atoms with E-state index < -0.39 is 0 Å². The van der Waals surface area contributed by atoms with Gasteiger partial charge in [-0.15, -0.1) is 0 Å². The van der Waals surface area contributed by atoms with Crippen LogP contribution in [0.1, 0.15) is 37.3 Å². The van der Waals surface area contributed by atoms with Gasteiger partial charge in [0.15, 0.2) is 11.5 Å². The van der Waals surface area contributed by atoms with Crippen LogP contribution in [0.5, 0.6) is 11.5 Å². The highest BCUT2D eigenvalue weighted by atomic mass is 16.5. The lowest BCUT2D eigenvalue weighted by Crippen LogP contribution is -2.46. The van der Waals surface area contributed by atoms with E-state index in [-0.39, 0.29) is 18.1 Å². The lowest BCUT2D eigenvalue weighted by molar-refractivity contribution is 0.0800. The van der Waals surface area contributed by atoms with Crippen LogP contribution in [0.25, 0.3) is 0 Å². The average Bonchev–Trinajstić information content (AvgIpc) is 3.23. The molecular weight excluding hydrogens is 346 g/mol. The van der Waals surface area contributed by atoms with Crippen LogP contribution in [0.3, 0.4) is 0 Å². The molecule has 0 radical (unpaired) electrons. The number of amides is 2. The van der Waals surface area contributed by atoms with Crippen LogP contribution >= 0.6 is 0 Å². The SMILES string of the molecule is COc1ccc(C(CNC(=O)NC2CCOCC2)N2CCCC2)cc1OC. The van der Waals surface area contributed by atoms with Crippen LogP contribution in [-0.2, 0) is 4.74 Å². The van der Waals surface area contributed by atoms with Gasteiger partial charge in [-0.1, -0.05) is 6.07 Å². The zero-order chi connectivity index (χ0) is 19.1. The van der Waals surface area contributed by atoms with Crippen LogP contribution in [0.15, 0.2) is 18.2 Å². The second kappa shape index (κ2) is 9.80. The summed E-state index contributed by atoms with van der Waals surface area (Å²) in [5.41, 5.74) is 1.13. The summed E-state index contributed by atoms with van der Waals surface area (Å²) in [6.07, 6.45) is 4.13. The Morgan fingerprint density at radius 3 is 2.56 bits per heavy atom. The molecule has 27 heavy (non-hydrogen) atoms. The van der Waals surface area contributed by atoms with Crippen LogP contribution in [-0.4, -0.2) is 64.0 Å². The minimum atomic E-state index is -0.105. The molecule has 7 nitrogen and oxygen atoms in total. The van der Waals surface area contributed by atoms with Crippen molar-refractivity contribution in [1.82, 2.24) is 15.5 Å². The first-order chi connectivity index (χ1) is 13.2. The minimum absolute atomic E-state index is 0.105. The lowest BCUT2D eigenvalue weighted by atomic mass is 10.0. The molecule has 3 rings (SSSR count). The molecule has 1 aromatic carbocycles. The minimum Gasteiger partial charge on any atom is -0.493 e. The smallest absolute Gasteiger partial charge is 0.315 e. The molecule has 1 atom stereocenters. The summed E-state index contributed by atoms with van der Waals surface area (Å²) in [5, 5.41) is 6.13. The van der Waals surface area contributed by atoms with Crippen molar-refractivity contribution in [2.24, 2.45) is 0 Å². The molecule has 2 amide bonds. The van der Waals surface area contributed by atoms with Crippen molar-refractivity contribution in [3.8, 4) is 11.5 Å². The summed E-state index contributed by atoms with van der Waals surface area (Å²) >= 11 is 0. The molecule has 2 fully saturated rings. The Labute approximate surface area is 161 Å². The third-order valence-electron chi connectivity index (χ3n) is 5.39.